The normalized spacial score (nSPS) is 34.0. The fourth-order valence-electron chi connectivity index (χ4n) is 3.88. The zero-order valence-electron chi connectivity index (χ0n) is 10.7. The molecule has 3 aliphatic rings. The van der Waals surface area contributed by atoms with Crippen molar-refractivity contribution in [3.05, 3.63) is 0 Å². The van der Waals surface area contributed by atoms with Crippen LogP contribution in [0.15, 0.2) is 0 Å². The van der Waals surface area contributed by atoms with E-state index < -0.39 is 0 Å². The first-order valence-electron chi connectivity index (χ1n) is 7.26. The van der Waals surface area contributed by atoms with Gasteiger partial charge in [0.15, 0.2) is 0 Å². The van der Waals surface area contributed by atoms with Crippen molar-refractivity contribution in [2.75, 3.05) is 26.2 Å². The van der Waals surface area contributed by atoms with E-state index in [2.05, 4.69) is 10.2 Å². The van der Waals surface area contributed by atoms with Crippen LogP contribution in [0.2, 0.25) is 0 Å². The molecule has 3 rings (SSSR count). The van der Waals surface area contributed by atoms with Gasteiger partial charge in [0, 0.05) is 31.5 Å². The lowest BCUT2D eigenvalue weighted by Gasteiger charge is -2.23. The minimum atomic E-state index is 0.431. The maximum absolute atomic E-state index is 12.2. The Morgan fingerprint density at radius 2 is 2.12 bits per heavy atom. The first-order chi connectivity index (χ1) is 8.27. The van der Waals surface area contributed by atoms with Gasteiger partial charge in [-0.3, -0.25) is 4.79 Å². The highest BCUT2D eigenvalue weighted by Crippen LogP contribution is 2.37. The summed E-state index contributed by atoms with van der Waals surface area (Å²) in [4.78, 5) is 14.4. The second-order valence-electron chi connectivity index (χ2n) is 6.35. The van der Waals surface area contributed by atoms with Gasteiger partial charge in [0.1, 0.15) is 0 Å². The van der Waals surface area contributed by atoms with Crippen LogP contribution in [0.4, 0.5) is 0 Å². The Bertz CT molecular complexity index is 291. The van der Waals surface area contributed by atoms with Crippen molar-refractivity contribution in [3.63, 3.8) is 0 Å². The highest BCUT2D eigenvalue weighted by molar-refractivity contribution is 5.76. The molecule has 96 valence electrons. The third-order valence-corrected chi connectivity index (χ3v) is 5.06. The van der Waals surface area contributed by atoms with Crippen molar-refractivity contribution in [1.29, 1.82) is 0 Å². The third kappa shape index (κ3) is 2.35. The molecule has 17 heavy (non-hydrogen) atoms. The van der Waals surface area contributed by atoms with Gasteiger partial charge < -0.3 is 10.2 Å². The van der Waals surface area contributed by atoms with Gasteiger partial charge in [-0.2, -0.15) is 0 Å². The number of nitrogens with zero attached hydrogens (tertiary/aromatic N) is 1. The summed E-state index contributed by atoms with van der Waals surface area (Å²) in [7, 11) is 0. The highest BCUT2D eigenvalue weighted by Gasteiger charge is 2.41. The Balaban J connectivity index is 1.53. The Labute approximate surface area is 104 Å². The lowest BCUT2D eigenvalue weighted by molar-refractivity contribution is -0.131. The number of likely N-dealkylation sites (tertiary alicyclic amines) is 1. The predicted octanol–water partition coefficient (Wildman–Crippen LogP) is 1.78. The largest absolute Gasteiger partial charge is 0.342 e. The van der Waals surface area contributed by atoms with Gasteiger partial charge in [-0.1, -0.05) is 12.8 Å². The zero-order chi connectivity index (χ0) is 11.7. The van der Waals surface area contributed by atoms with E-state index in [1.54, 1.807) is 0 Å². The van der Waals surface area contributed by atoms with Gasteiger partial charge >= 0.3 is 0 Å². The van der Waals surface area contributed by atoms with E-state index in [0.717, 1.165) is 32.6 Å². The fourth-order valence-corrected chi connectivity index (χ4v) is 3.88. The molecule has 1 spiro atoms. The summed E-state index contributed by atoms with van der Waals surface area (Å²) in [6.07, 6.45) is 8.55. The summed E-state index contributed by atoms with van der Waals surface area (Å²) in [5, 5.41) is 3.45. The minimum Gasteiger partial charge on any atom is -0.342 e. The van der Waals surface area contributed by atoms with Crippen LogP contribution >= 0.6 is 0 Å². The molecular weight excluding hydrogens is 212 g/mol. The molecular formula is C14H24N2O. The molecule has 0 aromatic rings. The number of amides is 1. The Kier molecular flexibility index (Phi) is 3.12. The van der Waals surface area contributed by atoms with Crippen molar-refractivity contribution in [3.8, 4) is 0 Å². The van der Waals surface area contributed by atoms with Gasteiger partial charge in [0.2, 0.25) is 5.91 Å². The SMILES string of the molecule is O=C(CC1CCCC1)N1CCC2(CCNC2)C1. The summed E-state index contributed by atoms with van der Waals surface area (Å²) >= 11 is 0. The number of carbonyl (C=O) groups excluding carboxylic acids is 1. The zero-order valence-corrected chi connectivity index (χ0v) is 10.7. The molecule has 0 aromatic carbocycles. The Morgan fingerprint density at radius 3 is 2.82 bits per heavy atom. The lowest BCUT2D eigenvalue weighted by atomic mass is 9.86. The van der Waals surface area contributed by atoms with E-state index in [9.17, 15) is 4.79 Å². The summed E-state index contributed by atoms with van der Waals surface area (Å²) in [5.74, 6) is 1.13. The Morgan fingerprint density at radius 1 is 1.29 bits per heavy atom. The molecule has 3 fully saturated rings. The van der Waals surface area contributed by atoms with Gasteiger partial charge in [0.05, 0.1) is 0 Å². The van der Waals surface area contributed by atoms with E-state index in [1.165, 1.54) is 38.5 Å². The fraction of sp³-hybridized carbons (Fsp3) is 0.929. The number of carbonyl (C=O) groups is 1. The molecule has 1 unspecified atom stereocenters. The monoisotopic (exact) mass is 236 g/mol. The molecule has 1 atom stereocenters. The molecule has 2 aliphatic heterocycles. The molecule has 1 amide bonds. The molecule has 1 saturated carbocycles. The average Bonchev–Trinajstić information content (AvgIpc) is 3.03. The van der Waals surface area contributed by atoms with Crippen LogP contribution in [-0.4, -0.2) is 37.0 Å². The number of nitrogens with one attached hydrogen (secondary N) is 1. The third-order valence-electron chi connectivity index (χ3n) is 5.06. The maximum Gasteiger partial charge on any atom is 0.222 e. The standard InChI is InChI=1S/C14H24N2O/c17-13(9-12-3-1-2-4-12)16-8-6-14(11-16)5-7-15-10-14/h12,15H,1-11H2. The molecule has 0 radical (unpaired) electrons. The van der Waals surface area contributed by atoms with Crippen molar-refractivity contribution in [1.82, 2.24) is 10.2 Å². The molecule has 1 N–H and O–H groups in total. The van der Waals surface area contributed by atoms with Crippen molar-refractivity contribution in [2.24, 2.45) is 11.3 Å². The van der Waals surface area contributed by atoms with Gasteiger partial charge in [-0.25, -0.2) is 0 Å². The minimum absolute atomic E-state index is 0.431. The van der Waals surface area contributed by atoms with E-state index in [1.807, 2.05) is 0 Å². The van der Waals surface area contributed by atoms with Crippen LogP contribution in [0.5, 0.6) is 0 Å². The predicted molar refractivity (Wildman–Crippen MR) is 67.7 cm³/mol. The van der Waals surface area contributed by atoms with Gasteiger partial charge in [-0.15, -0.1) is 0 Å². The van der Waals surface area contributed by atoms with E-state index in [4.69, 9.17) is 0 Å². The van der Waals surface area contributed by atoms with Gasteiger partial charge in [-0.05, 0) is 38.1 Å². The average molecular weight is 236 g/mol. The smallest absolute Gasteiger partial charge is 0.222 e. The summed E-state index contributed by atoms with van der Waals surface area (Å²) in [5.41, 5.74) is 0.436. The maximum atomic E-state index is 12.2. The van der Waals surface area contributed by atoms with Crippen LogP contribution in [-0.2, 0) is 4.79 Å². The van der Waals surface area contributed by atoms with Crippen LogP contribution in [0, 0.1) is 11.3 Å². The van der Waals surface area contributed by atoms with Crippen LogP contribution < -0.4 is 5.32 Å². The topological polar surface area (TPSA) is 32.3 Å². The molecule has 1 aliphatic carbocycles. The van der Waals surface area contributed by atoms with Crippen molar-refractivity contribution in [2.45, 2.75) is 44.9 Å². The second-order valence-corrected chi connectivity index (χ2v) is 6.35. The number of hydrogen-bond donors (Lipinski definition) is 1. The van der Waals surface area contributed by atoms with Crippen LogP contribution in [0.1, 0.15) is 44.9 Å². The number of rotatable bonds is 2. The summed E-state index contributed by atoms with van der Waals surface area (Å²) in [6.45, 7) is 4.30. The molecule has 3 nitrogen and oxygen atoms in total. The highest BCUT2D eigenvalue weighted by atomic mass is 16.2. The first-order valence-corrected chi connectivity index (χ1v) is 7.26. The molecule has 0 bridgehead atoms. The second kappa shape index (κ2) is 4.60. The Hall–Kier alpha value is -0.570. The van der Waals surface area contributed by atoms with Gasteiger partial charge in [0.25, 0.3) is 0 Å². The first kappa shape index (κ1) is 11.5. The van der Waals surface area contributed by atoms with Crippen molar-refractivity contribution >= 4 is 5.91 Å². The summed E-state index contributed by atoms with van der Waals surface area (Å²) in [6, 6.07) is 0. The number of hydrogen-bond acceptors (Lipinski definition) is 2. The molecule has 2 saturated heterocycles. The lowest BCUT2D eigenvalue weighted by Crippen LogP contribution is -2.33. The quantitative estimate of drug-likeness (QED) is 0.792. The molecule has 3 heteroatoms. The molecule has 0 aromatic heterocycles. The van der Waals surface area contributed by atoms with E-state index >= 15 is 0 Å². The van der Waals surface area contributed by atoms with E-state index in [-0.39, 0.29) is 0 Å². The van der Waals surface area contributed by atoms with E-state index in [0.29, 0.717) is 17.2 Å². The summed E-state index contributed by atoms with van der Waals surface area (Å²) < 4.78 is 0. The molecule has 2 heterocycles. The van der Waals surface area contributed by atoms with Crippen molar-refractivity contribution < 1.29 is 4.79 Å². The van der Waals surface area contributed by atoms with Crippen LogP contribution in [0.25, 0.3) is 0 Å². The van der Waals surface area contributed by atoms with Crippen LogP contribution in [0.3, 0.4) is 0 Å².